The summed E-state index contributed by atoms with van der Waals surface area (Å²) in [6.07, 6.45) is 0. The van der Waals surface area contributed by atoms with Crippen molar-refractivity contribution in [1.29, 1.82) is 0 Å². The summed E-state index contributed by atoms with van der Waals surface area (Å²) in [6, 6.07) is 8.98. The van der Waals surface area contributed by atoms with Gasteiger partial charge in [-0.25, -0.2) is 9.59 Å². The van der Waals surface area contributed by atoms with Crippen LogP contribution in [0.15, 0.2) is 39.3 Å². The molecule has 1 heterocycles. The molecule has 0 aliphatic heterocycles. The first-order chi connectivity index (χ1) is 14.4. The Bertz CT molecular complexity index is 1140. The summed E-state index contributed by atoms with van der Waals surface area (Å²) < 4.78 is 23.9. The highest BCUT2D eigenvalue weighted by Crippen LogP contribution is 2.37. The molecule has 0 saturated carbocycles. The van der Waals surface area contributed by atoms with Gasteiger partial charge in [-0.1, -0.05) is 28.1 Å². The molecule has 0 spiro atoms. The van der Waals surface area contributed by atoms with Crippen LogP contribution in [0.3, 0.4) is 0 Å². The summed E-state index contributed by atoms with van der Waals surface area (Å²) in [6.45, 7) is 0.251. The fraction of sp³-hybridized carbons (Fsp3) is 0.238. The van der Waals surface area contributed by atoms with E-state index in [2.05, 4.69) is 31.9 Å². The molecule has 0 bridgehead atoms. The van der Waals surface area contributed by atoms with E-state index < -0.39 is 11.9 Å². The smallest absolute Gasteiger partial charge is 0.355 e. The highest BCUT2D eigenvalue weighted by molar-refractivity contribution is 9.11. The molecule has 7 nitrogen and oxygen atoms in total. The Labute approximate surface area is 190 Å². The summed E-state index contributed by atoms with van der Waals surface area (Å²) in [4.78, 5) is 25.3. The van der Waals surface area contributed by atoms with Crippen molar-refractivity contribution in [3.63, 3.8) is 0 Å². The number of para-hydroxylation sites is 1. The first-order valence-corrected chi connectivity index (χ1v) is 10.3. The molecule has 3 rings (SSSR count). The molecule has 158 valence electrons. The van der Waals surface area contributed by atoms with Crippen LogP contribution in [0, 0.1) is 0 Å². The van der Waals surface area contributed by atoms with Crippen molar-refractivity contribution in [3.05, 3.63) is 56.1 Å². The van der Waals surface area contributed by atoms with Gasteiger partial charge in [0.15, 0.2) is 11.5 Å². The normalized spacial score (nSPS) is 10.7. The minimum atomic E-state index is -0.643. The molecule has 9 heteroatoms. The maximum atomic E-state index is 12.7. The second-order valence-electron chi connectivity index (χ2n) is 6.23. The molecule has 0 aliphatic rings. The number of carbonyl (C=O) groups is 2. The van der Waals surface area contributed by atoms with E-state index in [0.717, 1.165) is 14.5 Å². The van der Waals surface area contributed by atoms with Crippen molar-refractivity contribution >= 4 is 54.7 Å². The highest BCUT2D eigenvalue weighted by Gasteiger charge is 2.30. The van der Waals surface area contributed by atoms with Crippen LogP contribution in [0.1, 0.15) is 26.4 Å². The van der Waals surface area contributed by atoms with Crippen LogP contribution in [0.25, 0.3) is 10.9 Å². The van der Waals surface area contributed by atoms with Crippen LogP contribution in [-0.2, 0) is 16.0 Å². The van der Waals surface area contributed by atoms with Gasteiger partial charge < -0.3 is 23.5 Å². The first kappa shape index (κ1) is 22.2. The molecule has 0 fully saturated rings. The lowest BCUT2D eigenvalue weighted by Gasteiger charge is -2.15. The number of rotatable bonds is 6. The van der Waals surface area contributed by atoms with E-state index in [0.29, 0.717) is 22.4 Å². The van der Waals surface area contributed by atoms with E-state index in [1.54, 1.807) is 37.0 Å². The molecule has 2 aromatic carbocycles. The number of carbonyl (C=O) groups excluding carboxylic acids is 2. The summed E-state index contributed by atoms with van der Waals surface area (Å²) in [7, 11) is 5.65. The van der Waals surface area contributed by atoms with Crippen molar-refractivity contribution in [2.24, 2.45) is 0 Å². The number of benzene rings is 2. The molecule has 0 N–H and O–H groups in total. The number of hydrogen-bond donors (Lipinski definition) is 0. The lowest BCUT2D eigenvalue weighted by Crippen LogP contribution is -2.16. The van der Waals surface area contributed by atoms with Gasteiger partial charge in [-0.15, -0.1) is 0 Å². The van der Waals surface area contributed by atoms with Gasteiger partial charge in [0.25, 0.3) is 0 Å². The average Bonchev–Trinajstić information content (AvgIpc) is 3.08. The monoisotopic (exact) mass is 539 g/mol. The van der Waals surface area contributed by atoms with Crippen molar-refractivity contribution in [1.82, 2.24) is 4.57 Å². The first-order valence-electron chi connectivity index (χ1n) is 8.75. The summed E-state index contributed by atoms with van der Waals surface area (Å²) >= 11 is 7.09. The Morgan fingerprint density at radius 3 is 2.13 bits per heavy atom. The minimum Gasteiger partial charge on any atom is -0.493 e. The number of aromatic nitrogens is 1. The van der Waals surface area contributed by atoms with Crippen molar-refractivity contribution in [2.75, 3.05) is 28.4 Å². The van der Waals surface area contributed by atoms with Gasteiger partial charge in [-0.3, -0.25) is 0 Å². The fourth-order valence-electron chi connectivity index (χ4n) is 3.33. The zero-order valence-corrected chi connectivity index (χ0v) is 19.9. The van der Waals surface area contributed by atoms with E-state index in [4.69, 9.17) is 18.9 Å². The van der Waals surface area contributed by atoms with Gasteiger partial charge in [-0.05, 0) is 39.7 Å². The van der Waals surface area contributed by atoms with Crippen LogP contribution in [0.5, 0.6) is 11.5 Å². The predicted molar refractivity (Wildman–Crippen MR) is 119 cm³/mol. The Morgan fingerprint density at radius 2 is 1.53 bits per heavy atom. The standard InChI is InChI=1S/C21H19Br2NO6/c1-27-15-8-11(14(23)9-16(15)28-2)10-24-18-12(6-5-7-13(18)22)17(20(25)29-3)19(24)21(26)30-4/h5-9H,10H2,1-4H3. The van der Waals surface area contributed by atoms with E-state index >= 15 is 0 Å². The van der Waals surface area contributed by atoms with E-state index in [-0.39, 0.29) is 17.8 Å². The fourth-order valence-corrected chi connectivity index (χ4v) is 4.36. The second kappa shape index (κ2) is 9.09. The lowest BCUT2D eigenvalue weighted by molar-refractivity contribution is 0.0549. The molecule has 0 aliphatic carbocycles. The van der Waals surface area contributed by atoms with Crippen LogP contribution in [0.2, 0.25) is 0 Å². The Balaban J connectivity index is 2.33. The Kier molecular flexibility index (Phi) is 6.72. The number of hydrogen-bond acceptors (Lipinski definition) is 6. The van der Waals surface area contributed by atoms with Crippen molar-refractivity contribution < 1.29 is 28.5 Å². The second-order valence-corrected chi connectivity index (χ2v) is 7.94. The predicted octanol–water partition coefficient (Wildman–Crippen LogP) is 4.81. The van der Waals surface area contributed by atoms with Gasteiger partial charge in [0.05, 0.1) is 34.0 Å². The quantitative estimate of drug-likeness (QED) is 0.418. The number of methoxy groups -OCH3 is 4. The Morgan fingerprint density at radius 1 is 0.900 bits per heavy atom. The largest absolute Gasteiger partial charge is 0.493 e. The molecule has 0 unspecified atom stereocenters. The highest BCUT2D eigenvalue weighted by atomic mass is 79.9. The van der Waals surface area contributed by atoms with Gasteiger partial charge in [-0.2, -0.15) is 0 Å². The third-order valence-electron chi connectivity index (χ3n) is 4.68. The number of fused-ring (bicyclic) bond motifs is 1. The molecule has 1 aromatic heterocycles. The lowest BCUT2D eigenvalue weighted by atomic mass is 10.1. The third kappa shape index (κ3) is 3.79. The summed E-state index contributed by atoms with van der Waals surface area (Å²) in [5, 5.41) is 0.577. The van der Waals surface area contributed by atoms with Crippen molar-refractivity contribution in [2.45, 2.75) is 6.54 Å². The number of ether oxygens (including phenoxy) is 4. The summed E-state index contributed by atoms with van der Waals surface area (Å²) in [5.41, 5.74) is 1.73. The molecule has 0 saturated heterocycles. The van der Waals surface area contributed by atoms with E-state index in [9.17, 15) is 9.59 Å². The molecular weight excluding hydrogens is 522 g/mol. The molecule has 0 amide bonds. The molecule has 0 radical (unpaired) electrons. The van der Waals surface area contributed by atoms with Crippen LogP contribution in [0.4, 0.5) is 0 Å². The Hall–Kier alpha value is -2.52. The minimum absolute atomic E-state index is 0.105. The zero-order chi connectivity index (χ0) is 22.0. The number of halogens is 2. The van der Waals surface area contributed by atoms with Gasteiger partial charge in [0, 0.05) is 20.9 Å². The van der Waals surface area contributed by atoms with Gasteiger partial charge >= 0.3 is 11.9 Å². The zero-order valence-electron chi connectivity index (χ0n) is 16.7. The molecule has 3 aromatic rings. The number of esters is 2. The van der Waals surface area contributed by atoms with Crippen LogP contribution in [-0.4, -0.2) is 44.9 Å². The molecule has 30 heavy (non-hydrogen) atoms. The van der Waals surface area contributed by atoms with E-state index in [1.165, 1.54) is 14.2 Å². The third-order valence-corrected chi connectivity index (χ3v) is 6.06. The summed E-state index contributed by atoms with van der Waals surface area (Å²) in [5.74, 6) is -0.159. The van der Waals surface area contributed by atoms with Gasteiger partial charge in [0.2, 0.25) is 0 Å². The topological polar surface area (TPSA) is 76.0 Å². The van der Waals surface area contributed by atoms with Crippen LogP contribution >= 0.6 is 31.9 Å². The molecular formula is C21H19Br2NO6. The maximum absolute atomic E-state index is 12.7. The number of nitrogens with zero attached hydrogens (tertiary/aromatic N) is 1. The van der Waals surface area contributed by atoms with E-state index in [1.807, 2.05) is 12.1 Å². The SMILES string of the molecule is COC(=O)c1c(C(=O)OC)n(Cc2cc(OC)c(OC)cc2Br)c2c(Br)cccc12. The molecule has 0 atom stereocenters. The average molecular weight is 541 g/mol. The van der Waals surface area contributed by atoms with Crippen molar-refractivity contribution in [3.8, 4) is 11.5 Å². The maximum Gasteiger partial charge on any atom is 0.355 e. The van der Waals surface area contributed by atoms with Crippen LogP contribution < -0.4 is 9.47 Å². The van der Waals surface area contributed by atoms with Gasteiger partial charge in [0.1, 0.15) is 11.3 Å².